The Morgan fingerprint density at radius 3 is 2.88 bits per heavy atom. The fourth-order valence-corrected chi connectivity index (χ4v) is 3.73. The Morgan fingerprint density at radius 1 is 1.59 bits per heavy atom. The maximum atomic E-state index is 12.2. The van der Waals surface area contributed by atoms with Gasteiger partial charge in [0.05, 0.1) is 12.5 Å². The van der Waals surface area contributed by atoms with Gasteiger partial charge in [0.1, 0.15) is 0 Å². The number of piperidine rings is 1. The van der Waals surface area contributed by atoms with E-state index in [9.17, 15) is 8.42 Å². The number of hydrogen-bond acceptors (Lipinski definition) is 4. The molecule has 1 aliphatic heterocycles. The molecule has 2 N–H and O–H groups in total. The van der Waals surface area contributed by atoms with E-state index in [1.54, 1.807) is 0 Å². The summed E-state index contributed by atoms with van der Waals surface area (Å²) in [4.78, 5) is 6.42. The smallest absolute Gasteiger partial charge is 0.260 e. The Bertz CT molecular complexity index is 457. The van der Waals surface area contributed by atoms with Crippen molar-refractivity contribution in [2.45, 2.75) is 24.4 Å². The van der Waals surface area contributed by atoms with Crippen LogP contribution in [0.3, 0.4) is 0 Å². The van der Waals surface area contributed by atoms with Crippen LogP contribution in [0.15, 0.2) is 17.6 Å². The van der Waals surface area contributed by atoms with Gasteiger partial charge in [0, 0.05) is 19.1 Å². The van der Waals surface area contributed by atoms with Gasteiger partial charge in [-0.25, -0.2) is 13.4 Å². The van der Waals surface area contributed by atoms with E-state index in [1.165, 1.54) is 16.8 Å². The molecule has 0 radical (unpaired) electrons. The lowest BCUT2D eigenvalue weighted by atomic mass is 9.96. The number of H-pyrrole nitrogens is 1. The van der Waals surface area contributed by atoms with E-state index >= 15 is 0 Å². The van der Waals surface area contributed by atoms with Crippen molar-refractivity contribution in [3.63, 3.8) is 0 Å². The van der Waals surface area contributed by atoms with Gasteiger partial charge in [-0.15, -0.1) is 0 Å². The Kier molecular flexibility index (Phi) is 3.50. The molecule has 1 aromatic heterocycles. The third-order valence-electron chi connectivity index (χ3n) is 3.33. The maximum Gasteiger partial charge on any atom is 0.260 e. The van der Waals surface area contributed by atoms with Crippen LogP contribution in [-0.4, -0.2) is 48.9 Å². The molecule has 2 heterocycles. The number of rotatable bonds is 3. The first-order valence-electron chi connectivity index (χ1n) is 5.71. The standard InChI is InChI=1S/C10H18N4O2S/c1-8-6-14(4-3-9(8)11-2)17(15,16)10-5-12-7-13-10/h5,7-9,11H,3-4,6H2,1-2H3,(H,12,13). The van der Waals surface area contributed by atoms with Crippen molar-refractivity contribution >= 4 is 10.0 Å². The van der Waals surface area contributed by atoms with Gasteiger partial charge in [0.25, 0.3) is 10.0 Å². The summed E-state index contributed by atoms with van der Waals surface area (Å²) in [5.41, 5.74) is 0. The largest absolute Gasteiger partial charge is 0.335 e. The highest BCUT2D eigenvalue weighted by molar-refractivity contribution is 7.89. The zero-order valence-corrected chi connectivity index (χ0v) is 10.9. The summed E-state index contributed by atoms with van der Waals surface area (Å²) in [7, 11) is -1.48. The molecule has 1 aromatic rings. The number of imidazole rings is 1. The fraction of sp³-hybridized carbons (Fsp3) is 0.700. The molecule has 0 aromatic carbocycles. The molecule has 1 saturated heterocycles. The highest BCUT2D eigenvalue weighted by Gasteiger charge is 2.33. The highest BCUT2D eigenvalue weighted by atomic mass is 32.2. The van der Waals surface area contributed by atoms with E-state index in [-0.39, 0.29) is 5.03 Å². The van der Waals surface area contributed by atoms with Crippen LogP contribution in [0, 0.1) is 5.92 Å². The summed E-state index contributed by atoms with van der Waals surface area (Å²) < 4.78 is 26.0. The van der Waals surface area contributed by atoms with Crippen LogP contribution >= 0.6 is 0 Å². The van der Waals surface area contributed by atoms with Crippen molar-refractivity contribution in [3.8, 4) is 0 Å². The topological polar surface area (TPSA) is 78.1 Å². The second-order valence-corrected chi connectivity index (χ2v) is 6.35. The van der Waals surface area contributed by atoms with E-state index < -0.39 is 10.0 Å². The van der Waals surface area contributed by atoms with Crippen molar-refractivity contribution in [1.29, 1.82) is 0 Å². The van der Waals surface area contributed by atoms with Gasteiger partial charge < -0.3 is 10.3 Å². The van der Waals surface area contributed by atoms with Gasteiger partial charge in [0.2, 0.25) is 0 Å². The molecular formula is C10H18N4O2S. The number of aromatic amines is 1. The second-order valence-electron chi connectivity index (χ2n) is 4.44. The molecule has 0 bridgehead atoms. The molecule has 2 rings (SSSR count). The van der Waals surface area contributed by atoms with Gasteiger partial charge in [-0.2, -0.15) is 4.31 Å². The highest BCUT2D eigenvalue weighted by Crippen LogP contribution is 2.22. The molecule has 2 unspecified atom stereocenters. The van der Waals surface area contributed by atoms with E-state index in [4.69, 9.17) is 0 Å². The Morgan fingerprint density at radius 2 is 2.35 bits per heavy atom. The van der Waals surface area contributed by atoms with E-state index in [0.29, 0.717) is 25.0 Å². The van der Waals surface area contributed by atoms with Gasteiger partial charge in [-0.1, -0.05) is 6.92 Å². The molecule has 1 fully saturated rings. The zero-order valence-electron chi connectivity index (χ0n) is 10.0. The van der Waals surface area contributed by atoms with Crippen LogP contribution < -0.4 is 5.32 Å². The lowest BCUT2D eigenvalue weighted by Gasteiger charge is -2.35. The van der Waals surface area contributed by atoms with Gasteiger partial charge in [0.15, 0.2) is 5.03 Å². The fourth-order valence-electron chi connectivity index (χ4n) is 2.28. The number of nitrogens with one attached hydrogen (secondary N) is 2. The minimum atomic E-state index is -3.40. The molecule has 0 saturated carbocycles. The number of sulfonamides is 1. The van der Waals surface area contributed by atoms with Crippen LogP contribution in [0.2, 0.25) is 0 Å². The minimum absolute atomic E-state index is 0.174. The molecule has 1 aliphatic rings. The predicted molar refractivity (Wildman–Crippen MR) is 64.0 cm³/mol. The van der Waals surface area contributed by atoms with E-state index in [1.807, 2.05) is 7.05 Å². The van der Waals surface area contributed by atoms with Crippen molar-refractivity contribution in [2.75, 3.05) is 20.1 Å². The average Bonchev–Trinajstić information content (AvgIpc) is 2.83. The minimum Gasteiger partial charge on any atom is -0.335 e. The Labute approximate surface area is 101 Å². The summed E-state index contributed by atoms with van der Waals surface area (Å²) >= 11 is 0. The molecule has 0 amide bonds. The molecule has 0 aliphatic carbocycles. The first-order chi connectivity index (χ1) is 8.05. The first kappa shape index (κ1) is 12.5. The van der Waals surface area contributed by atoms with Gasteiger partial charge in [-0.05, 0) is 19.4 Å². The summed E-state index contributed by atoms with van der Waals surface area (Å²) in [6, 6.07) is 0.392. The molecule has 17 heavy (non-hydrogen) atoms. The normalized spacial score (nSPS) is 27.2. The third-order valence-corrected chi connectivity index (χ3v) is 5.12. The van der Waals surface area contributed by atoms with E-state index in [2.05, 4.69) is 22.2 Å². The lowest BCUT2D eigenvalue weighted by molar-refractivity contribution is 0.227. The third kappa shape index (κ3) is 2.36. The predicted octanol–water partition coefficient (Wildman–Crippen LogP) is 0.0282. The summed E-state index contributed by atoms with van der Waals surface area (Å²) in [6.45, 7) is 3.17. The van der Waals surface area contributed by atoms with Crippen molar-refractivity contribution < 1.29 is 8.42 Å². The molecule has 2 atom stereocenters. The summed E-state index contributed by atoms with van der Waals surface area (Å²) in [5, 5.41) is 3.39. The number of aromatic nitrogens is 2. The average molecular weight is 258 g/mol. The van der Waals surface area contributed by atoms with Crippen molar-refractivity contribution in [3.05, 3.63) is 12.5 Å². The monoisotopic (exact) mass is 258 g/mol. The van der Waals surface area contributed by atoms with Crippen LogP contribution in [0.5, 0.6) is 0 Å². The number of hydrogen-bond donors (Lipinski definition) is 2. The zero-order chi connectivity index (χ0) is 12.5. The lowest BCUT2D eigenvalue weighted by Crippen LogP contribution is -2.49. The molecule has 0 spiro atoms. The molecule has 6 nitrogen and oxygen atoms in total. The summed E-state index contributed by atoms with van der Waals surface area (Å²) in [6.07, 6.45) is 3.58. The van der Waals surface area contributed by atoms with Crippen molar-refractivity contribution in [2.24, 2.45) is 5.92 Å². The Balaban J connectivity index is 2.15. The summed E-state index contributed by atoms with van der Waals surface area (Å²) in [5.74, 6) is 0.312. The van der Waals surface area contributed by atoms with Gasteiger partial charge in [-0.3, -0.25) is 0 Å². The number of nitrogens with zero attached hydrogens (tertiary/aromatic N) is 2. The Hall–Kier alpha value is -0.920. The van der Waals surface area contributed by atoms with Crippen molar-refractivity contribution in [1.82, 2.24) is 19.6 Å². The van der Waals surface area contributed by atoms with Crippen LogP contribution in [0.4, 0.5) is 0 Å². The van der Waals surface area contributed by atoms with Crippen LogP contribution in [0.1, 0.15) is 13.3 Å². The molecule has 7 heteroatoms. The SMILES string of the molecule is CNC1CCN(S(=O)(=O)c2cnc[nH]2)CC1C. The first-order valence-corrected chi connectivity index (χ1v) is 7.15. The molecular weight excluding hydrogens is 240 g/mol. The maximum absolute atomic E-state index is 12.2. The van der Waals surface area contributed by atoms with E-state index in [0.717, 1.165) is 6.42 Å². The molecule has 96 valence electrons. The van der Waals surface area contributed by atoms with Crippen LogP contribution in [0.25, 0.3) is 0 Å². The second kappa shape index (κ2) is 4.75. The quantitative estimate of drug-likeness (QED) is 0.801. The van der Waals surface area contributed by atoms with Crippen LogP contribution in [-0.2, 0) is 10.0 Å². The van der Waals surface area contributed by atoms with Gasteiger partial charge >= 0.3 is 0 Å².